The Labute approximate surface area is 183 Å². The summed E-state index contributed by atoms with van der Waals surface area (Å²) >= 11 is 0. The first kappa shape index (κ1) is 22.6. The number of rotatable bonds is 6. The van der Waals surface area contributed by atoms with E-state index in [1.807, 2.05) is 30.3 Å². The van der Waals surface area contributed by atoms with E-state index in [1.54, 1.807) is 12.1 Å². The van der Waals surface area contributed by atoms with Gasteiger partial charge in [0.15, 0.2) is 6.61 Å². The van der Waals surface area contributed by atoms with Crippen LogP contribution in [-0.4, -0.2) is 51.9 Å². The van der Waals surface area contributed by atoms with Crippen molar-refractivity contribution in [3.8, 4) is 5.75 Å². The molecule has 1 aliphatic rings. The molecule has 1 heterocycles. The summed E-state index contributed by atoms with van der Waals surface area (Å²) < 4.78 is 15.9. The predicted molar refractivity (Wildman–Crippen MR) is 120 cm³/mol. The molecule has 1 fully saturated rings. The molecule has 1 aliphatic heterocycles. The third kappa shape index (κ3) is 5.98. The molecule has 0 unspecified atom stereocenters. The smallest absolute Gasteiger partial charge is 0.340 e. The highest BCUT2D eigenvalue weighted by Gasteiger charge is 2.19. The van der Waals surface area contributed by atoms with Gasteiger partial charge in [-0.2, -0.15) is 0 Å². The van der Waals surface area contributed by atoms with Crippen LogP contribution in [0.25, 0.3) is 0 Å². The number of methoxy groups -OCH3 is 1. The van der Waals surface area contributed by atoms with E-state index in [2.05, 4.69) is 31.0 Å². The van der Waals surface area contributed by atoms with Gasteiger partial charge >= 0.3 is 5.97 Å². The molecule has 1 N–H and O–H groups in total. The molecule has 0 saturated carbocycles. The van der Waals surface area contributed by atoms with Gasteiger partial charge < -0.3 is 24.4 Å². The van der Waals surface area contributed by atoms with E-state index in [-0.39, 0.29) is 17.9 Å². The number of esters is 1. The molecule has 0 aromatic heterocycles. The number of carbonyl (C=O) groups is 2. The number of hydrogen-bond donors (Lipinski definition) is 1. The number of amides is 1. The van der Waals surface area contributed by atoms with Gasteiger partial charge in [0.05, 0.1) is 31.6 Å². The maximum absolute atomic E-state index is 12.4. The molecular formula is C24H30N2O5. The molecule has 0 spiro atoms. The van der Waals surface area contributed by atoms with Crippen molar-refractivity contribution in [3.63, 3.8) is 0 Å². The summed E-state index contributed by atoms with van der Waals surface area (Å²) in [5.41, 5.74) is 2.81. The lowest BCUT2D eigenvalue weighted by Crippen LogP contribution is -2.36. The molecule has 1 amide bonds. The van der Waals surface area contributed by atoms with E-state index in [0.717, 1.165) is 18.8 Å². The van der Waals surface area contributed by atoms with Gasteiger partial charge in [-0.15, -0.1) is 0 Å². The van der Waals surface area contributed by atoms with Gasteiger partial charge in [0.25, 0.3) is 5.91 Å². The van der Waals surface area contributed by atoms with Crippen molar-refractivity contribution in [2.45, 2.75) is 26.2 Å². The average Bonchev–Trinajstić information content (AvgIpc) is 2.77. The Morgan fingerprint density at radius 1 is 1.06 bits per heavy atom. The number of anilines is 2. The lowest BCUT2D eigenvalue weighted by atomic mass is 9.87. The van der Waals surface area contributed by atoms with E-state index < -0.39 is 5.97 Å². The minimum absolute atomic E-state index is 0.0492. The summed E-state index contributed by atoms with van der Waals surface area (Å²) in [5.74, 6) is -0.257. The van der Waals surface area contributed by atoms with Crippen LogP contribution in [0.5, 0.6) is 5.75 Å². The highest BCUT2D eigenvalue weighted by atomic mass is 16.5. The van der Waals surface area contributed by atoms with Crippen LogP contribution in [0.4, 0.5) is 11.4 Å². The van der Waals surface area contributed by atoms with Crippen molar-refractivity contribution in [2.75, 3.05) is 50.2 Å². The highest BCUT2D eigenvalue weighted by Crippen LogP contribution is 2.26. The SMILES string of the molecule is COC(=O)c1cc(N2CCOCC2)ccc1NC(=O)COc1ccc(C(C)(C)C)cc1. The van der Waals surface area contributed by atoms with Crippen LogP contribution >= 0.6 is 0 Å². The van der Waals surface area contributed by atoms with Crippen LogP contribution in [0.1, 0.15) is 36.7 Å². The second-order valence-electron chi connectivity index (χ2n) is 8.43. The first-order valence-corrected chi connectivity index (χ1v) is 10.4. The number of carbonyl (C=O) groups excluding carboxylic acids is 2. The van der Waals surface area contributed by atoms with Gasteiger partial charge in [-0.3, -0.25) is 4.79 Å². The van der Waals surface area contributed by atoms with Crippen LogP contribution in [0.2, 0.25) is 0 Å². The van der Waals surface area contributed by atoms with Crippen LogP contribution in [0, 0.1) is 0 Å². The fourth-order valence-electron chi connectivity index (χ4n) is 3.32. The standard InChI is InChI=1S/C24H30N2O5/c1-24(2,3)17-5-8-19(9-6-17)31-16-22(27)25-21-10-7-18(15-20(21)23(28)29-4)26-11-13-30-14-12-26/h5-10,15H,11-14,16H2,1-4H3,(H,25,27). The zero-order chi connectivity index (χ0) is 22.4. The summed E-state index contributed by atoms with van der Waals surface area (Å²) in [6, 6.07) is 13.0. The summed E-state index contributed by atoms with van der Waals surface area (Å²) in [5, 5.41) is 2.75. The summed E-state index contributed by atoms with van der Waals surface area (Å²) in [4.78, 5) is 26.9. The third-order valence-electron chi connectivity index (χ3n) is 5.15. The Morgan fingerprint density at radius 3 is 2.35 bits per heavy atom. The zero-order valence-corrected chi connectivity index (χ0v) is 18.6. The lowest BCUT2D eigenvalue weighted by Gasteiger charge is -2.29. The molecule has 31 heavy (non-hydrogen) atoms. The molecule has 2 aromatic rings. The molecule has 1 saturated heterocycles. The molecule has 0 radical (unpaired) electrons. The van der Waals surface area contributed by atoms with Crippen LogP contribution in [0.15, 0.2) is 42.5 Å². The minimum Gasteiger partial charge on any atom is -0.484 e. The highest BCUT2D eigenvalue weighted by molar-refractivity contribution is 6.02. The second kappa shape index (κ2) is 9.83. The largest absolute Gasteiger partial charge is 0.484 e. The summed E-state index contributed by atoms with van der Waals surface area (Å²) in [7, 11) is 1.32. The van der Waals surface area contributed by atoms with Gasteiger partial charge in [0, 0.05) is 18.8 Å². The molecule has 3 rings (SSSR count). The Hall–Kier alpha value is -3.06. The molecule has 0 aliphatic carbocycles. The maximum Gasteiger partial charge on any atom is 0.340 e. The topological polar surface area (TPSA) is 77.1 Å². The Kier molecular flexibility index (Phi) is 7.17. The van der Waals surface area contributed by atoms with Crippen molar-refractivity contribution < 1.29 is 23.8 Å². The number of ether oxygens (including phenoxy) is 3. The molecular weight excluding hydrogens is 396 g/mol. The fourth-order valence-corrected chi connectivity index (χ4v) is 3.32. The van der Waals surface area contributed by atoms with Gasteiger partial charge in [0.1, 0.15) is 5.75 Å². The summed E-state index contributed by atoms with van der Waals surface area (Å²) in [6.45, 7) is 9.02. The van der Waals surface area contributed by atoms with Crippen molar-refractivity contribution in [1.29, 1.82) is 0 Å². The van der Waals surface area contributed by atoms with Crippen LogP contribution < -0.4 is 15.0 Å². The summed E-state index contributed by atoms with van der Waals surface area (Å²) in [6.07, 6.45) is 0. The van der Waals surface area contributed by atoms with E-state index in [4.69, 9.17) is 14.2 Å². The number of nitrogens with zero attached hydrogens (tertiary/aromatic N) is 1. The molecule has 0 bridgehead atoms. The van der Waals surface area contributed by atoms with E-state index >= 15 is 0 Å². The Morgan fingerprint density at radius 2 is 1.74 bits per heavy atom. The molecule has 0 atom stereocenters. The molecule has 166 valence electrons. The average molecular weight is 427 g/mol. The molecule has 7 nitrogen and oxygen atoms in total. The monoisotopic (exact) mass is 426 g/mol. The lowest BCUT2D eigenvalue weighted by molar-refractivity contribution is -0.118. The minimum atomic E-state index is -0.510. The Balaban J connectivity index is 1.66. The number of hydrogen-bond acceptors (Lipinski definition) is 6. The van der Waals surface area contributed by atoms with Crippen LogP contribution in [-0.2, 0) is 19.7 Å². The van der Waals surface area contributed by atoms with E-state index in [0.29, 0.717) is 30.2 Å². The van der Waals surface area contributed by atoms with Crippen LogP contribution in [0.3, 0.4) is 0 Å². The first-order chi connectivity index (χ1) is 14.8. The second-order valence-corrected chi connectivity index (χ2v) is 8.43. The number of nitrogens with one attached hydrogen (secondary N) is 1. The molecule has 7 heteroatoms. The number of benzene rings is 2. The predicted octanol–water partition coefficient (Wildman–Crippen LogP) is 3.62. The molecule has 2 aromatic carbocycles. The van der Waals surface area contributed by atoms with Gasteiger partial charge in [0.2, 0.25) is 0 Å². The quantitative estimate of drug-likeness (QED) is 0.711. The van der Waals surface area contributed by atoms with Crippen molar-refractivity contribution in [1.82, 2.24) is 0 Å². The fraction of sp³-hybridized carbons (Fsp3) is 0.417. The third-order valence-corrected chi connectivity index (χ3v) is 5.15. The van der Waals surface area contributed by atoms with Gasteiger partial charge in [-0.1, -0.05) is 32.9 Å². The normalized spacial score (nSPS) is 14.1. The van der Waals surface area contributed by atoms with Crippen molar-refractivity contribution in [3.05, 3.63) is 53.6 Å². The Bertz CT molecular complexity index is 913. The van der Waals surface area contributed by atoms with E-state index in [9.17, 15) is 9.59 Å². The first-order valence-electron chi connectivity index (χ1n) is 10.4. The van der Waals surface area contributed by atoms with Gasteiger partial charge in [-0.05, 0) is 41.3 Å². The maximum atomic E-state index is 12.4. The van der Waals surface area contributed by atoms with E-state index in [1.165, 1.54) is 12.7 Å². The zero-order valence-electron chi connectivity index (χ0n) is 18.6. The van der Waals surface area contributed by atoms with Crippen molar-refractivity contribution >= 4 is 23.3 Å². The number of morpholine rings is 1. The van der Waals surface area contributed by atoms with Crippen molar-refractivity contribution in [2.24, 2.45) is 0 Å². The van der Waals surface area contributed by atoms with Gasteiger partial charge in [-0.25, -0.2) is 4.79 Å².